The minimum absolute atomic E-state index is 0.110. The first-order valence-electron chi connectivity index (χ1n) is 13.0. The van der Waals surface area contributed by atoms with Crippen LogP contribution in [0.4, 0.5) is 0 Å². The summed E-state index contributed by atoms with van der Waals surface area (Å²) in [5, 5.41) is 3.74. The summed E-state index contributed by atoms with van der Waals surface area (Å²) in [5.74, 6) is 2.32. The van der Waals surface area contributed by atoms with Crippen LogP contribution in [0.2, 0.25) is 0 Å². The molecule has 37 heavy (non-hydrogen) atoms. The molecule has 0 spiro atoms. The van der Waals surface area contributed by atoms with Crippen molar-refractivity contribution in [1.82, 2.24) is 20.2 Å². The Morgan fingerprint density at radius 2 is 2.00 bits per heavy atom. The highest BCUT2D eigenvalue weighted by atomic mass is 16.5. The van der Waals surface area contributed by atoms with Crippen molar-refractivity contribution in [2.45, 2.75) is 19.3 Å². The van der Waals surface area contributed by atoms with E-state index in [1.807, 2.05) is 36.4 Å². The van der Waals surface area contributed by atoms with E-state index in [1.54, 1.807) is 13.3 Å². The van der Waals surface area contributed by atoms with E-state index in [-0.39, 0.29) is 5.91 Å². The van der Waals surface area contributed by atoms with Crippen molar-refractivity contribution < 1.29 is 23.7 Å². The smallest absolute Gasteiger partial charge is 0.223 e. The molecule has 4 heterocycles. The minimum atomic E-state index is 0.110. The summed E-state index contributed by atoms with van der Waals surface area (Å²) < 4.78 is 23.2. The Labute approximate surface area is 217 Å². The van der Waals surface area contributed by atoms with Crippen molar-refractivity contribution in [3.05, 3.63) is 42.6 Å². The first-order valence-corrected chi connectivity index (χ1v) is 13.0. The topological polar surface area (TPSA) is 95.0 Å². The molecule has 196 valence electrons. The first-order chi connectivity index (χ1) is 18.2. The molecule has 5 rings (SSSR count). The Morgan fingerprint density at radius 1 is 1.11 bits per heavy atom. The third kappa shape index (κ3) is 6.47. The molecule has 1 amide bonds. The lowest BCUT2D eigenvalue weighted by molar-refractivity contribution is -0.119. The molecule has 2 aliphatic heterocycles. The number of ether oxygens (including phenoxy) is 4. The van der Waals surface area contributed by atoms with Gasteiger partial charge in [-0.05, 0) is 55.2 Å². The Hall–Kier alpha value is -3.43. The fourth-order valence-electron chi connectivity index (χ4n) is 4.74. The molecule has 0 aliphatic carbocycles. The van der Waals surface area contributed by atoms with Crippen LogP contribution in [-0.2, 0) is 9.53 Å². The SMILES string of the molecule is COc1ccc(-c2cc3ncccc3c(OCC[C@H]3CNC(=O)C3)n2)cc1OCCCN1CCOCC1. The highest BCUT2D eigenvalue weighted by Gasteiger charge is 2.21. The van der Waals surface area contributed by atoms with E-state index in [0.717, 1.165) is 67.8 Å². The van der Waals surface area contributed by atoms with E-state index >= 15 is 0 Å². The maximum absolute atomic E-state index is 11.5. The average molecular weight is 507 g/mol. The van der Waals surface area contributed by atoms with Gasteiger partial charge in [0, 0.05) is 44.4 Å². The van der Waals surface area contributed by atoms with Gasteiger partial charge < -0.3 is 24.3 Å². The van der Waals surface area contributed by atoms with Crippen LogP contribution >= 0.6 is 0 Å². The van der Waals surface area contributed by atoms with Crippen LogP contribution in [0.15, 0.2) is 42.6 Å². The van der Waals surface area contributed by atoms with Crippen LogP contribution in [0, 0.1) is 5.92 Å². The number of carbonyl (C=O) groups is 1. The van der Waals surface area contributed by atoms with E-state index in [4.69, 9.17) is 23.9 Å². The number of aromatic nitrogens is 2. The summed E-state index contributed by atoms with van der Waals surface area (Å²) in [7, 11) is 1.65. The summed E-state index contributed by atoms with van der Waals surface area (Å²) in [5.41, 5.74) is 2.45. The predicted molar refractivity (Wildman–Crippen MR) is 140 cm³/mol. The van der Waals surface area contributed by atoms with Crippen molar-refractivity contribution in [3.63, 3.8) is 0 Å². The lowest BCUT2D eigenvalue weighted by atomic mass is 10.1. The number of hydrogen-bond acceptors (Lipinski definition) is 8. The van der Waals surface area contributed by atoms with Gasteiger partial charge in [0.1, 0.15) is 0 Å². The molecule has 0 bridgehead atoms. The molecule has 2 fully saturated rings. The molecule has 1 aromatic carbocycles. The van der Waals surface area contributed by atoms with E-state index in [2.05, 4.69) is 15.2 Å². The highest BCUT2D eigenvalue weighted by molar-refractivity contribution is 5.87. The number of nitrogens with one attached hydrogen (secondary N) is 1. The number of nitrogens with zero attached hydrogens (tertiary/aromatic N) is 3. The molecule has 0 radical (unpaired) electrons. The van der Waals surface area contributed by atoms with Crippen LogP contribution in [-0.4, -0.2) is 80.5 Å². The lowest BCUT2D eigenvalue weighted by Crippen LogP contribution is -2.37. The molecule has 2 aromatic heterocycles. The number of morpholine rings is 1. The van der Waals surface area contributed by atoms with E-state index in [0.29, 0.717) is 49.5 Å². The van der Waals surface area contributed by atoms with E-state index in [1.165, 1.54) is 0 Å². The summed E-state index contributed by atoms with van der Waals surface area (Å²) in [6.45, 7) is 6.31. The predicted octanol–water partition coefficient (Wildman–Crippen LogP) is 3.31. The maximum Gasteiger partial charge on any atom is 0.223 e. The monoisotopic (exact) mass is 506 g/mol. The maximum atomic E-state index is 11.5. The fraction of sp³-hybridized carbons (Fsp3) is 0.464. The Bertz CT molecular complexity index is 1210. The van der Waals surface area contributed by atoms with Crippen molar-refractivity contribution >= 4 is 16.8 Å². The fourth-order valence-corrected chi connectivity index (χ4v) is 4.74. The quantitative estimate of drug-likeness (QED) is 0.396. The summed E-state index contributed by atoms with van der Waals surface area (Å²) in [6.07, 6.45) is 4.03. The first kappa shape index (κ1) is 25.2. The van der Waals surface area contributed by atoms with Crippen LogP contribution in [0.3, 0.4) is 0 Å². The van der Waals surface area contributed by atoms with Crippen molar-refractivity contribution in [1.29, 1.82) is 0 Å². The van der Waals surface area contributed by atoms with Crippen molar-refractivity contribution in [3.8, 4) is 28.6 Å². The highest BCUT2D eigenvalue weighted by Crippen LogP contribution is 2.34. The largest absolute Gasteiger partial charge is 0.493 e. The van der Waals surface area contributed by atoms with Crippen LogP contribution in [0.25, 0.3) is 22.2 Å². The number of pyridine rings is 2. The molecule has 0 saturated carbocycles. The number of carbonyl (C=O) groups excluding carboxylic acids is 1. The van der Waals surface area contributed by atoms with Gasteiger partial charge in [0.25, 0.3) is 0 Å². The second kappa shape index (κ2) is 12.2. The summed E-state index contributed by atoms with van der Waals surface area (Å²) >= 11 is 0. The summed E-state index contributed by atoms with van der Waals surface area (Å²) in [4.78, 5) is 23.3. The van der Waals surface area contributed by atoms with E-state index < -0.39 is 0 Å². The Kier molecular flexibility index (Phi) is 8.32. The molecule has 0 unspecified atom stereocenters. The zero-order valence-corrected chi connectivity index (χ0v) is 21.3. The molecule has 9 heteroatoms. The lowest BCUT2D eigenvalue weighted by Gasteiger charge is -2.26. The number of amides is 1. The summed E-state index contributed by atoms with van der Waals surface area (Å²) in [6, 6.07) is 11.6. The third-order valence-corrected chi connectivity index (χ3v) is 6.83. The molecule has 1 atom stereocenters. The Balaban J connectivity index is 1.30. The molecule has 9 nitrogen and oxygen atoms in total. The molecule has 2 saturated heterocycles. The number of benzene rings is 1. The van der Waals surface area contributed by atoms with Crippen LogP contribution < -0.4 is 19.5 Å². The van der Waals surface area contributed by atoms with Gasteiger partial charge in [0.2, 0.25) is 11.8 Å². The van der Waals surface area contributed by atoms with Gasteiger partial charge >= 0.3 is 0 Å². The number of hydrogen-bond donors (Lipinski definition) is 1. The Morgan fingerprint density at radius 3 is 2.81 bits per heavy atom. The zero-order chi connectivity index (χ0) is 25.5. The normalized spacial score (nSPS) is 18.1. The average Bonchev–Trinajstić information content (AvgIpc) is 3.36. The number of fused-ring (bicyclic) bond motifs is 1. The zero-order valence-electron chi connectivity index (χ0n) is 21.3. The van der Waals surface area contributed by atoms with Gasteiger partial charge in [-0.2, -0.15) is 0 Å². The van der Waals surface area contributed by atoms with Crippen LogP contribution in [0.5, 0.6) is 17.4 Å². The minimum Gasteiger partial charge on any atom is -0.493 e. The van der Waals surface area contributed by atoms with Crippen molar-refractivity contribution in [2.75, 3.05) is 59.7 Å². The molecule has 3 aromatic rings. The number of methoxy groups -OCH3 is 1. The van der Waals surface area contributed by atoms with Gasteiger partial charge in [-0.3, -0.25) is 14.7 Å². The molecular weight excluding hydrogens is 472 g/mol. The van der Waals surface area contributed by atoms with Gasteiger partial charge in [-0.15, -0.1) is 0 Å². The van der Waals surface area contributed by atoms with Gasteiger partial charge in [-0.1, -0.05) is 0 Å². The van der Waals surface area contributed by atoms with E-state index in [9.17, 15) is 4.79 Å². The van der Waals surface area contributed by atoms with Crippen molar-refractivity contribution in [2.24, 2.45) is 5.92 Å². The van der Waals surface area contributed by atoms with Crippen LogP contribution in [0.1, 0.15) is 19.3 Å². The second-order valence-electron chi connectivity index (χ2n) is 9.42. The van der Waals surface area contributed by atoms with Gasteiger partial charge in [-0.25, -0.2) is 4.98 Å². The number of rotatable bonds is 11. The molecule has 1 N–H and O–H groups in total. The van der Waals surface area contributed by atoms with Gasteiger partial charge in [0.15, 0.2) is 11.5 Å². The second-order valence-corrected chi connectivity index (χ2v) is 9.42. The standard InChI is InChI=1S/C28H34N4O5/c1-34-25-6-5-21(17-26(25)36-12-3-9-32-10-14-35-15-11-32)23-18-24-22(4-2-8-29-24)28(31-23)37-13-7-20-16-27(33)30-19-20/h2,4-6,8,17-18,20H,3,7,9-16,19H2,1H3,(H,30,33)/t20-/m1/s1. The molecule has 2 aliphatic rings. The van der Waals surface area contributed by atoms with Gasteiger partial charge in [0.05, 0.1) is 50.1 Å². The molecular formula is C28H34N4O5. The third-order valence-electron chi connectivity index (χ3n) is 6.83.